The molecular formula is C17H22Cl2NO3P. The van der Waals surface area contributed by atoms with Crippen LogP contribution in [0.2, 0.25) is 5.02 Å². The Balaban J connectivity index is 0.00000288. The maximum absolute atomic E-state index is 12.2. The molecular weight excluding hydrogens is 368 g/mol. The van der Waals surface area contributed by atoms with Crippen molar-refractivity contribution in [2.75, 3.05) is 12.7 Å². The van der Waals surface area contributed by atoms with E-state index in [1.807, 2.05) is 42.5 Å². The molecule has 0 heterocycles. The highest BCUT2D eigenvalue weighted by Crippen LogP contribution is 2.44. The second-order valence-electron chi connectivity index (χ2n) is 5.58. The van der Waals surface area contributed by atoms with Gasteiger partial charge in [0.05, 0.1) is 12.3 Å². The van der Waals surface area contributed by atoms with E-state index in [9.17, 15) is 14.6 Å². The number of aliphatic hydroxyl groups is 1. The molecule has 0 saturated carbocycles. The molecule has 2 atom stereocenters. The Morgan fingerprint density at radius 1 is 1.04 bits per heavy atom. The average Bonchev–Trinajstić information content (AvgIpc) is 2.49. The third-order valence-corrected chi connectivity index (χ3v) is 5.49. The molecule has 0 spiro atoms. The fourth-order valence-electron chi connectivity index (χ4n) is 2.31. The Morgan fingerprint density at radius 3 is 2.29 bits per heavy atom. The first-order chi connectivity index (χ1) is 10.9. The lowest BCUT2D eigenvalue weighted by atomic mass is 10.2. The van der Waals surface area contributed by atoms with Gasteiger partial charge in [0.1, 0.15) is 0 Å². The molecule has 1 unspecified atom stereocenters. The van der Waals surface area contributed by atoms with Crippen LogP contribution in [0.25, 0.3) is 0 Å². The zero-order valence-electron chi connectivity index (χ0n) is 13.1. The number of halogens is 2. The highest BCUT2D eigenvalue weighted by atomic mass is 35.5. The summed E-state index contributed by atoms with van der Waals surface area (Å²) in [5.41, 5.74) is 1.85. The summed E-state index contributed by atoms with van der Waals surface area (Å²) in [7, 11) is -3.40. The van der Waals surface area contributed by atoms with E-state index >= 15 is 0 Å². The first kappa shape index (κ1) is 21.2. The molecule has 0 aliphatic rings. The molecule has 0 saturated heterocycles. The molecule has 0 aliphatic heterocycles. The molecule has 7 heteroatoms. The lowest BCUT2D eigenvalue weighted by Gasteiger charge is -2.17. The summed E-state index contributed by atoms with van der Waals surface area (Å²) in [4.78, 5) is 10.0. The summed E-state index contributed by atoms with van der Waals surface area (Å²) in [5.74, 6) is 0. The Hall–Kier alpha value is -0.870. The van der Waals surface area contributed by atoms with Crippen molar-refractivity contribution >= 4 is 31.4 Å². The van der Waals surface area contributed by atoms with Crippen molar-refractivity contribution in [2.24, 2.45) is 0 Å². The van der Waals surface area contributed by atoms with E-state index in [-0.39, 0.29) is 31.3 Å². The molecule has 2 aromatic rings. The van der Waals surface area contributed by atoms with E-state index in [0.29, 0.717) is 11.6 Å². The Kier molecular flexibility index (Phi) is 8.99. The monoisotopic (exact) mass is 389 g/mol. The smallest absolute Gasteiger partial charge is 0.207 e. The van der Waals surface area contributed by atoms with E-state index in [0.717, 1.165) is 11.1 Å². The average molecular weight is 390 g/mol. The molecule has 0 fully saturated rings. The largest absolute Gasteiger partial charge is 0.391 e. The predicted octanol–water partition coefficient (Wildman–Crippen LogP) is 3.68. The van der Waals surface area contributed by atoms with Crippen molar-refractivity contribution in [1.82, 2.24) is 5.32 Å². The van der Waals surface area contributed by atoms with Crippen LogP contribution in [0.4, 0.5) is 0 Å². The van der Waals surface area contributed by atoms with E-state index in [4.69, 9.17) is 11.6 Å². The van der Waals surface area contributed by atoms with Gasteiger partial charge >= 0.3 is 0 Å². The van der Waals surface area contributed by atoms with Gasteiger partial charge in [0, 0.05) is 24.3 Å². The van der Waals surface area contributed by atoms with Gasteiger partial charge in [-0.1, -0.05) is 54.1 Å². The summed E-state index contributed by atoms with van der Waals surface area (Å²) in [6.45, 7) is 0.838. The zero-order valence-corrected chi connectivity index (χ0v) is 15.6. The molecule has 0 aromatic heterocycles. The molecule has 0 bridgehead atoms. The van der Waals surface area contributed by atoms with Crippen molar-refractivity contribution in [3.05, 3.63) is 70.7 Å². The van der Waals surface area contributed by atoms with Gasteiger partial charge in [0.2, 0.25) is 7.37 Å². The normalized spacial score (nSPS) is 14.5. The van der Waals surface area contributed by atoms with E-state index in [1.54, 1.807) is 12.1 Å². The third-order valence-electron chi connectivity index (χ3n) is 3.39. The minimum Gasteiger partial charge on any atom is -0.391 e. The Morgan fingerprint density at radius 2 is 1.67 bits per heavy atom. The zero-order chi connectivity index (χ0) is 16.7. The molecule has 0 amide bonds. The summed E-state index contributed by atoms with van der Waals surface area (Å²) >= 11 is 5.82. The second kappa shape index (κ2) is 10.2. The number of hydrogen-bond donors (Lipinski definition) is 3. The van der Waals surface area contributed by atoms with Gasteiger partial charge in [0.25, 0.3) is 0 Å². The van der Waals surface area contributed by atoms with Gasteiger partial charge in [-0.2, -0.15) is 0 Å². The van der Waals surface area contributed by atoms with Gasteiger partial charge in [-0.3, -0.25) is 4.57 Å². The molecule has 132 valence electrons. The molecule has 2 rings (SSSR count). The van der Waals surface area contributed by atoms with Crippen LogP contribution in [0.15, 0.2) is 54.6 Å². The molecule has 3 N–H and O–H groups in total. The lowest BCUT2D eigenvalue weighted by Crippen LogP contribution is -2.29. The molecule has 24 heavy (non-hydrogen) atoms. The standard InChI is InChI=1S/C17H21ClNO3P.ClH/c18-16-8-6-14(7-9-16)10-19-11-17(20)13-23(21,22)12-15-4-2-1-3-5-15;/h1-9,17,19-20H,10-13H2,(H,21,22);1H/t17-;/m1./s1. The topological polar surface area (TPSA) is 69.6 Å². The molecule has 0 radical (unpaired) electrons. The fraction of sp³-hybridized carbons (Fsp3) is 0.294. The highest BCUT2D eigenvalue weighted by molar-refractivity contribution is 7.57. The summed E-state index contributed by atoms with van der Waals surface area (Å²) in [6, 6.07) is 16.6. The third kappa shape index (κ3) is 7.80. The van der Waals surface area contributed by atoms with Crippen molar-refractivity contribution in [1.29, 1.82) is 0 Å². The van der Waals surface area contributed by atoms with Gasteiger partial charge < -0.3 is 15.3 Å². The lowest BCUT2D eigenvalue weighted by molar-refractivity contribution is 0.190. The van der Waals surface area contributed by atoms with Crippen molar-refractivity contribution < 1.29 is 14.6 Å². The van der Waals surface area contributed by atoms with Gasteiger partial charge in [-0.25, -0.2) is 0 Å². The van der Waals surface area contributed by atoms with Gasteiger partial charge in [-0.05, 0) is 23.3 Å². The SMILES string of the molecule is Cl.O=P(O)(Cc1ccccc1)C[C@H](O)CNCc1ccc(Cl)cc1. The summed E-state index contributed by atoms with van der Waals surface area (Å²) in [5, 5.41) is 13.7. The minimum atomic E-state index is -3.40. The summed E-state index contributed by atoms with van der Waals surface area (Å²) < 4.78 is 12.2. The van der Waals surface area contributed by atoms with Crippen LogP contribution in [0.3, 0.4) is 0 Å². The first-order valence-electron chi connectivity index (χ1n) is 7.42. The molecule has 4 nitrogen and oxygen atoms in total. The summed E-state index contributed by atoms with van der Waals surface area (Å²) in [6.07, 6.45) is -0.890. The maximum Gasteiger partial charge on any atom is 0.207 e. The van der Waals surface area contributed by atoms with E-state index in [1.165, 1.54) is 0 Å². The number of nitrogens with one attached hydrogen (secondary N) is 1. The maximum atomic E-state index is 12.2. The van der Waals surface area contributed by atoms with Crippen LogP contribution < -0.4 is 5.32 Å². The van der Waals surface area contributed by atoms with Crippen molar-refractivity contribution in [3.63, 3.8) is 0 Å². The van der Waals surface area contributed by atoms with E-state index < -0.39 is 13.5 Å². The van der Waals surface area contributed by atoms with Crippen molar-refractivity contribution in [2.45, 2.75) is 18.8 Å². The van der Waals surface area contributed by atoms with Crippen molar-refractivity contribution in [3.8, 4) is 0 Å². The minimum absolute atomic E-state index is 0. The number of rotatable bonds is 8. The molecule has 2 aromatic carbocycles. The predicted molar refractivity (Wildman–Crippen MR) is 101 cm³/mol. The highest BCUT2D eigenvalue weighted by Gasteiger charge is 2.23. The number of benzene rings is 2. The molecule has 0 aliphatic carbocycles. The fourth-order valence-corrected chi connectivity index (χ4v) is 4.14. The van der Waals surface area contributed by atoms with Gasteiger partial charge in [0.15, 0.2) is 0 Å². The number of aliphatic hydroxyl groups excluding tert-OH is 1. The van der Waals surface area contributed by atoms with Crippen LogP contribution in [-0.2, 0) is 17.3 Å². The Labute approximate surface area is 153 Å². The first-order valence-corrected chi connectivity index (χ1v) is 9.83. The quantitative estimate of drug-likeness (QED) is 0.602. The van der Waals surface area contributed by atoms with Crippen LogP contribution >= 0.6 is 31.4 Å². The Bertz CT molecular complexity index is 653. The number of hydrogen-bond acceptors (Lipinski definition) is 3. The van der Waals surface area contributed by atoms with Crippen LogP contribution in [0.5, 0.6) is 0 Å². The van der Waals surface area contributed by atoms with Crippen LogP contribution in [0.1, 0.15) is 11.1 Å². The van der Waals surface area contributed by atoms with Crippen LogP contribution in [-0.4, -0.2) is 28.8 Å². The van der Waals surface area contributed by atoms with Gasteiger partial charge in [-0.15, -0.1) is 12.4 Å². The second-order valence-corrected chi connectivity index (χ2v) is 8.39. The van der Waals surface area contributed by atoms with E-state index in [2.05, 4.69) is 5.32 Å². The van der Waals surface area contributed by atoms with Crippen LogP contribution in [0, 0.1) is 0 Å².